The third-order valence-corrected chi connectivity index (χ3v) is 3.20. The Morgan fingerprint density at radius 1 is 1.28 bits per heavy atom. The minimum Gasteiger partial charge on any atom is -0.472 e. The van der Waals surface area contributed by atoms with Crippen LogP contribution in [0.15, 0.2) is 47.3 Å². The highest BCUT2D eigenvalue weighted by molar-refractivity contribution is 5.23. The first-order chi connectivity index (χ1) is 8.79. The molecule has 18 heavy (non-hydrogen) atoms. The molecule has 0 aliphatic rings. The highest BCUT2D eigenvalue weighted by Gasteiger charge is 2.11. The summed E-state index contributed by atoms with van der Waals surface area (Å²) in [5.74, 6) is 0. The van der Waals surface area contributed by atoms with Gasteiger partial charge in [-0.3, -0.25) is 0 Å². The summed E-state index contributed by atoms with van der Waals surface area (Å²) in [6, 6.07) is 11.2. The average Bonchev–Trinajstić information content (AvgIpc) is 2.88. The molecule has 0 radical (unpaired) electrons. The van der Waals surface area contributed by atoms with Crippen molar-refractivity contribution >= 4 is 0 Å². The second-order valence-corrected chi connectivity index (χ2v) is 4.69. The standard InChI is InChI=1S/C16H21NO/c1-3-17-16(15-9-10-18-12-15)8-7-14-6-4-5-13(2)11-14/h4-6,9-12,16-17H,3,7-8H2,1-2H3. The van der Waals surface area contributed by atoms with Crippen LogP contribution in [0.25, 0.3) is 0 Å². The van der Waals surface area contributed by atoms with E-state index in [4.69, 9.17) is 4.42 Å². The number of hydrogen-bond donors (Lipinski definition) is 1. The van der Waals surface area contributed by atoms with Crippen LogP contribution in [0.3, 0.4) is 0 Å². The van der Waals surface area contributed by atoms with Gasteiger partial charge in [-0.2, -0.15) is 0 Å². The Kier molecular flexibility index (Phi) is 4.59. The number of rotatable bonds is 6. The van der Waals surface area contributed by atoms with Gasteiger partial charge in [0.25, 0.3) is 0 Å². The van der Waals surface area contributed by atoms with Crippen LogP contribution < -0.4 is 5.32 Å². The predicted molar refractivity (Wildman–Crippen MR) is 74.6 cm³/mol. The van der Waals surface area contributed by atoms with E-state index in [0.29, 0.717) is 6.04 Å². The van der Waals surface area contributed by atoms with Gasteiger partial charge in [0, 0.05) is 11.6 Å². The van der Waals surface area contributed by atoms with Crippen molar-refractivity contribution in [3.8, 4) is 0 Å². The summed E-state index contributed by atoms with van der Waals surface area (Å²) in [6.07, 6.45) is 5.76. The summed E-state index contributed by atoms with van der Waals surface area (Å²) in [5.41, 5.74) is 3.97. The molecule has 0 aliphatic carbocycles. The molecule has 0 amide bonds. The maximum atomic E-state index is 5.17. The number of aryl methyl sites for hydroxylation is 2. The van der Waals surface area contributed by atoms with E-state index in [9.17, 15) is 0 Å². The van der Waals surface area contributed by atoms with Crippen LogP contribution in [0.1, 0.15) is 36.1 Å². The van der Waals surface area contributed by atoms with Crippen LogP contribution >= 0.6 is 0 Å². The molecular weight excluding hydrogens is 222 g/mol. The lowest BCUT2D eigenvalue weighted by Gasteiger charge is -2.16. The maximum absolute atomic E-state index is 5.17. The topological polar surface area (TPSA) is 25.2 Å². The Balaban J connectivity index is 1.98. The molecule has 1 heterocycles. The quantitative estimate of drug-likeness (QED) is 0.833. The van der Waals surface area contributed by atoms with Gasteiger partial charge in [0.2, 0.25) is 0 Å². The number of nitrogens with one attached hydrogen (secondary N) is 1. The van der Waals surface area contributed by atoms with E-state index in [-0.39, 0.29) is 0 Å². The van der Waals surface area contributed by atoms with Gasteiger partial charge < -0.3 is 9.73 Å². The van der Waals surface area contributed by atoms with Gasteiger partial charge in [-0.05, 0) is 37.9 Å². The minimum atomic E-state index is 0.384. The molecule has 1 atom stereocenters. The molecule has 0 fully saturated rings. The summed E-state index contributed by atoms with van der Waals surface area (Å²) >= 11 is 0. The molecule has 96 valence electrons. The molecule has 2 nitrogen and oxygen atoms in total. The van der Waals surface area contributed by atoms with Crippen molar-refractivity contribution in [2.45, 2.75) is 32.7 Å². The fourth-order valence-electron chi connectivity index (χ4n) is 2.28. The normalized spacial score (nSPS) is 12.6. The highest BCUT2D eigenvalue weighted by atomic mass is 16.3. The minimum absolute atomic E-state index is 0.384. The Morgan fingerprint density at radius 2 is 2.17 bits per heavy atom. The molecule has 1 unspecified atom stereocenters. The van der Waals surface area contributed by atoms with Gasteiger partial charge in [-0.25, -0.2) is 0 Å². The van der Waals surface area contributed by atoms with Crippen LogP contribution in [0, 0.1) is 6.92 Å². The first-order valence-corrected chi connectivity index (χ1v) is 6.60. The van der Waals surface area contributed by atoms with Crippen LogP contribution in [0.4, 0.5) is 0 Å². The summed E-state index contributed by atoms with van der Waals surface area (Å²) in [5, 5.41) is 3.51. The molecule has 2 heteroatoms. The summed E-state index contributed by atoms with van der Waals surface area (Å²) in [4.78, 5) is 0. The van der Waals surface area contributed by atoms with Gasteiger partial charge in [-0.1, -0.05) is 36.8 Å². The molecule has 0 aliphatic heterocycles. The highest BCUT2D eigenvalue weighted by Crippen LogP contribution is 2.20. The van der Waals surface area contributed by atoms with Crippen LogP contribution in [0.2, 0.25) is 0 Å². The van der Waals surface area contributed by atoms with Crippen molar-refractivity contribution in [1.29, 1.82) is 0 Å². The average molecular weight is 243 g/mol. The maximum Gasteiger partial charge on any atom is 0.0950 e. The van der Waals surface area contributed by atoms with E-state index in [2.05, 4.69) is 43.4 Å². The van der Waals surface area contributed by atoms with Gasteiger partial charge in [0.05, 0.1) is 12.5 Å². The molecule has 0 saturated heterocycles. The molecule has 1 aromatic carbocycles. The van der Waals surface area contributed by atoms with Crippen molar-refractivity contribution < 1.29 is 4.42 Å². The molecule has 0 spiro atoms. The molecule has 1 N–H and O–H groups in total. The van der Waals surface area contributed by atoms with Crippen molar-refractivity contribution in [1.82, 2.24) is 5.32 Å². The van der Waals surface area contributed by atoms with E-state index >= 15 is 0 Å². The Labute approximate surface area is 109 Å². The number of benzene rings is 1. The largest absolute Gasteiger partial charge is 0.472 e. The fraction of sp³-hybridized carbons (Fsp3) is 0.375. The smallest absolute Gasteiger partial charge is 0.0950 e. The summed E-state index contributed by atoms with van der Waals surface area (Å²) in [7, 11) is 0. The molecule has 0 bridgehead atoms. The van der Waals surface area contributed by atoms with Crippen LogP contribution in [-0.2, 0) is 6.42 Å². The van der Waals surface area contributed by atoms with E-state index < -0.39 is 0 Å². The zero-order chi connectivity index (χ0) is 12.8. The molecule has 0 saturated carbocycles. The number of furan rings is 1. The molecule has 2 aromatic rings. The first kappa shape index (κ1) is 12.9. The lowest BCUT2D eigenvalue weighted by Crippen LogP contribution is -2.21. The van der Waals surface area contributed by atoms with Crippen molar-refractivity contribution in [2.75, 3.05) is 6.54 Å². The van der Waals surface area contributed by atoms with E-state index in [0.717, 1.165) is 19.4 Å². The lowest BCUT2D eigenvalue weighted by atomic mass is 10.00. The summed E-state index contributed by atoms with van der Waals surface area (Å²) < 4.78 is 5.17. The monoisotopic (exact) mass is 243 g/mol. The van der Waals surface area contributed by atoms with E-state index in [1.807, 2.05) is 12.3 Å². The Morgan fingerprint density at radius 3 is 2.83 bits per heavy atom. The predicted octanol–water partition coefficient (Wildman–Crippen LogP) is 3.87. The Hall–Kier alpha value is -1.54. The molecule has 2 rings (SSSR count). The lowest BCUT2D eigenvalue weighted by molar-refractivity contribution is 0.501. The van der Waals surface area contributed by atoms with E-state index in [1.54, 1.807) is 6.26 Å². The van der Waals surface area contributed by atoms with Crippen LogP contribution in [0.5, 0.6) is 0 Å². The Bertz CT molecular complexity index is 462. The van der Waals surface area contributed by atoms with Crippen molar-refractivity contribution in [2.24, 2.45) is 0 Å². The molecular formula is C16H21NO. The zero-order valence-corrected chi connectivity index (χ0v) is 11.1. The van der Waals surface area contributed by atoms with Crippen molar-refractivity contribution in [3.63, 3.8) is 0 Å². The van der Waals surface area contributed by atoms with Gasteiger partial charge >= 0.3 is 0 Å². The second-order valence-electron chi connectivity index (χ2n) is 4.69. The fourth-order valence-corrected chi connectivity index (χ4v) is 2.28. The SMILES string of the molecule is CCNC(CCc1cccc(C)c1)c1ccoc1. The van der Waals surface area contributed by atoms with Gasteiger partial charge in [-0.15, -0.1) is 0 Å². The third kappa shape index (κ3) is 3.47. The number of hydrogen-bond acceptors (Lipinski definition) is 2. The first-order valence-electron chi connectivity index (χ1n) is 6.60. The molecule has 1 aromatic heterocycles. The second kappa shape index (κ2) is 6.41. The van der Waals surface area contributed by atoms with Crippen LogP contribution in [-0.4, -0.2) is 6.54 Å². The van der Waals surface area contributed by atoms with Gasteiger partial charge in [0.15, 0.2) is 0 Å². The third-order valence-electron chi connectivity index (χ3n) is 3.20. The van der Waals surface area contributed by atoms with E-state index in [1.165, 1.54) is 16.7 Å². The van der Waals surface area contributed by atoms with Crippen molar-refractivity contribution in [3.05, 3.63) is 59.5 Å². The van der Waals surface area contributed by atoms with Gasteiger partial charge in [0.1, 0.15) is 0 Å². The summed E-state index contributed by atoms with van der Waals surface area (Å²) in [6.45, 7) is 5.25. The zero-order valence-electron chi connectivity index (χ0n) is 11.1.